The zero-order valence-electron chi connectivity index (χ0n) is 12.4. The minimum absolute atomic E-state index is 0.184. The van der Waals surface area contributed by atoms with E-state index in [4.69, 9.17) is 4.74 Å². The molecular formula is C17H22FNO3. The van der Waals surface area contributed by atoms with Gasteiger partial charge in [-0.3, -0.25) is 4.90 Å². The van der Waals surface area contributed by atoms with E-state index in [1.54, 1.807) is 12.1 Å². The number of β-amino-alcohol motifs (C(OH)–C–C–N with tert-alkyl or cyclic N) is 1. The molecule has 3 fully saturated rings. The molecule has 2 aliphatic carbocycles. The van der Waals surface area contributed by atoms with Crippen LogP contribution >= 0.6 is 0 Å². The summed E-state index contributed by atoms with van der Waals surface area (Å²) >= 11 is 0. The summed E-state index contributed by atoms with van der Waals surface area (Å²) in [6.07, 6.45) is 1.46. The van der Waals surface area contributed by atoms with Gasteiger partial charge in [-0.15, -0.1) is 0 Å². The van der Waals surface area contributed by atoms with Gasteiger partial charge in [-0.2, -0.15) is 0 Å². The highest BCUT2D eigenvalue weighted by molar-refractivity contribution is 5.22. The second-order valence-electron chi connectivity index (χ2n) is 7.01. The first-order valence-corrected chi connectivity index (χ1v) is 8.10. The molecule has 5 heteroatoms. The molecule has 4 nitrogen and oxygen atoms in total. The molecule has 1 aliphatic heterocycles. The lowest BCUT2D eigenvalue weighted by Gasteiger charge is -2.30. The average molecular weight is 307 g/mol. The number of likely N-dealkylation sites (tertiary alicyclic amines) is 1. The highest BCUT2D eigenvalue weighted by Crippen LogP contribution is 2.54. The lowest BCUT2D eigenvalue weighted by Crippen LogP contribution is -2.44. The molecule has 1 saturated heterocycles. The van der Waals surface area contributed by atoms with Gasteiger partial charge in [0.05, 0.1) is 6.10 Å². The number of fused-ring (bicyclic) bond motifs is 1. The first-order chi connectivity index (χ1) is 10.6. The number of ether oxygens (including phenoxy) is 1. The Kier molecular flexibility index (Phi) is 3.59. The highest BCUT2D eigenvalue weighted by atomic mass is 19.1. The molecule has 0 amide bonds. The molecule has 1 aromatic rings. The zero-order chi connectivity index (χ0) is 15.3. The molecule has 0 radical (unpaired) electrons. The SMILES string of the molecule is OC(COc1ccc(F)cc1)CN1CC2CC3CC2C1C3O. The van der Waals surface area contributed by atoms with E-state index in [-0.39, 0.29) is 24.6 Å². The number of nitrogens with zero attached hydrogens (tertiary/aromatic N) is 1. The summed E-state index contributed by atoms with van der Waals surface area (Å²) in [4.78, 5) is 2.24. The van der Waals surface area contributed by atoms with Gasteiger partial charge in [0, 0.05) is 19.1 Å². The van der Waals surface area contributed by atoms with Crippen molar-refractivity contribution in [1.82, 2.24) is 4.90 Å². The van der Waals surface area contributed by atoms with Gasteiger partial charge in [0.25, 0.3) is 0 Å². The van der Waals surface area contributed by atoms with Crippen molar-refractivity contribution in [3.05, 3.63) is 30.1 Å². The van der Waals surface area contributed by atoms with E-state index in [1.165, 1.54) is 12.1 Å². The van der Waals surface area contributed by atoms with Crippen LogP contribution in [0.25, 0.3) is 0 Å². The number of rotatable bonds is 5. The lowest BCUT2D eigenvalue weighted by molar-refractivity contribution is 0.0194. The fourth-order valence-electron chi connectivity index (χ4n) is 4.79. The fourth-order valence-corrected chi connectivity index (χ4v) is 4.79. The minimum atomic E-state index is -0.603. The van der Waals surface area contributed by atoms with Gasteiger partial charge in [0.1, 0.15) is 24.3 Å². The molecule has 6 unspecified atom stereocenters. The monoisotopic (exact) mass is 307 g/mol. The zero-order valence-corrected chi connectivity index (χ0v) is 12.4. The third-order valence-electron chi connectivity index (χ3n) is 5.65. The molecular weight excluding hydrogens is 285 g/mol. The Hall–Kier alpha value is -1.17. The molecule has 4 rings (SSSR count). The van der Waals surface area contributed by atoms with Crippen molar-refractivity contribution in [3.63, 3.8) is 0 Å². The maximum absolute atomic E-state index is 12.8. The molecule has 3 aliphatic rings. The first kappa shape index (κ1) is 14.4. The Morgan fingerprint density at radius 1 is 1.23 bits per heavy atom. The quantitative estimate of drug-likeness (QED) is 0.860. The van der Waals surface area contributed by atoms with Crippen molar-refractivity contribution in [2.24, 2.45) is 17.8 Å². The standard InChI is InChI=1S/C17H22FNO3/c18-12-1-3-14(4-2-12)22-9-13(20)8-19-7-11-5-10-6-15(11)16(19)17(10)21/h1-4,10-11,13,15-17,20-21H,5-9H2. The van der Waals surface area contributed by atoms with Gasteiger partial charge in [0.15, 0.2) is 0 Å². The van der Waals surface area contributed by atoms with Crippen LogP contribution in [0.2, 0.25) is 0 Å². The summed E-state index contributed by atoms with van der Waals surface area (Å²) in [5.74, 6) is 2.04. The van der Waals surface area contributed by atoms with Crippen molar-refractivity contribution in [3.8, 4) is 5.75 Å². The van der Waals surface area contributed by atoms with Crippen molar-refractivity contribution in [2.75, 3.05) is 19.7 Å². The molecule has 2 N–H and O–H groups in total. The van der Waals surface area contributed by atoms with Gasteiger partial charge in [-0.25, -0.2) is 4.39 Å². The van der Waals surface area contributed by atoms with Gasteiger partial charge in [0.2, 0.25) is 0 Å². The Balaban J connectivity index is 1.31. The van der Waals surface area contributed by atoms with E-state index in [0.29, 0.717) is 30.0 Å². The molecule has 2 bridgehead atoms. The van der Waals surface area contributed by atoms with Crippen molar-refractivity contribution in [2.45, 2.75) is 31.1 Å². The predicted molar refractivity (Wildman–Crippen MR) is 79.0 cm³/mol. The van der Waals surface area contributed by atoms with Crippen molar-refractivity contribution >= 4 is 0 Å². The third kappa shape index (κ3) is 2.41. The molecule has 0 aromatic heterocycles. The van der Waals surface area contributed by atoms with E-state index in [9.17, 15) is 14.6 Å². The van der Waals surface area contributed by atoms with E-state index < -0.39 is 6.10 Å². The summed E-state index contributed by atoms with van der Waals surface area (Å²) in [6.45, 7) is 1.70. The Bertz CT molecular complexity index is 535. The normalized spacial score (nSPS) is 37.7. The van der Waals surface area contributed by atoms with Crippen LogP contribution in [-0.2, 0) is 0 Å². The minimum Gasteiger partial charge on any atom is -0.491 e. The van der Waals surface area contributed by atoms with Crippen LogP contribution in [0.4, 0.5) is 4.39 Å². The summed E-state index contributed by atoms with van der Waals surface area (Å²) in [5, 5.41) is 20.5. The average Bonchev–Trinajstić information content (AvgIpc) is 3.10. The van der Waals surface area contributed by atoms with Crippen LogP contribution in [0.3, 0.4) is 0 Å². The number of hydrogen-bond acceptors (Lipinski definition) is 4. The second kappa shape index (κ2) is 5.48. The maximum atomic E-state index is 12.8. The van der Waals surface area contributed by atoms with E-state index in [2.05, 4.69) is 4.90 Å². The van der Waals surface area contributed by atoms with Crippen LogP contribution in [0, 0.1) is 23.6 Å². The molecule has 22 heavy (non-hydrogen) atoms. The number of aliphatic hydroxyl groups is 2. The predicted octanol–water partition coefficient (Wildman–Crippen LogP) is 1.27. The van der Waals surface area contributed by atoms with Crippen LogP contribution in [0.15, 0.2) is 24.3 Å². The number of benzene rings is 1. The Morgan fingerprint density at radius 2 is 2.00 bits per heavy atom. The largest absolute Gasteiger partial charge is 0.491 e. The number of halogens is 1. The van der Waals surface area contributed by atoms with Crippen LogP contribution in [0.5, 0.6) is 5.75 Å². The molecule has 1 heterocycles. The first-order valence-electron chi connectivity index (χ1n) is 8.10. The van der Waals surface area contributed by atoms with Crippen LogP contribution in [-0.4, -0.2) is 53.1 Å². The third-order valence-corrected chi connectivity index (χ3v) is 5.65. The Morgan fingerprint density at radius 3 is 2.73 bits per heavy atom. The molecule has 1 aromatic carbocycles. The smallest absolute Gasteiger partial charge is 0.123 e. The molecule has 0 spiro atoms. The van der Waals surface area contributed by atoms with Gasteiger partial charge >= 0.3 is 0 Å². The van der Waals surface area contributed by atoms with Crippen molar-refractivity contribution < 1.29 is 19.3 Å². The van der Waals surface area contributed by atoms with Crippen LogP contribution in [0.1, 0.15) is 12.8 Å². The van der Waals surface area contributed by atoms with E-state index >= 15 is 0 Å². The molecule has 2 saturated carbocycles. The molecule has 6 atom stereocenters. The highest BCUT2D eigenvalue weighted by Gasteiger charge is 2.58. The number of hydrogen-bond donors (Lipinski definition) is 2. The van der Waals surface area contributed by atoms with Crippen LogP contribution < -0.4 is 4.74 Å². The maximum Gasteiger partial charge on any atom is 0.123 e. The van der Waals surface area contributed by atoms with Gasteiger partial charge in [-0.1, -0.05) is 0 Å². The summed E-state index contributed by atoms with van der Waals surface area (Å²) in [7, 11) is 0. The summed E-state index contributed by atoms with van der Waals surface area (Å²) in [6, 6.07) is 6.03. The second-order valence-corrected chi connectivity index (χ2v) is 7.01. The lowest BCUT2D eigenvalue weighted by atomic mass is 9.88. The molecule has 120 valence electrons. The van der Waals surface area contributed by atoms with Gasteiger partial charge in [-0.05, 0) is 54.9 Å². The van der Waals surface area contributed by atoms with E-state index in [1.807, 2.05) is 0 Å². The van der Waals surface area contributed by atoms with Gasteiger partial charge < -0.3 is 14.9 Å². The van der Waals surface area contributed by atoms with E-state index in [0.717, 1.165) is 19.4 Å². The number of aliphatic hydroxyl groups excluding tert-OH is 2. The Labute approximate surface area is 129 Å². The topological polar surface area (TPSA) is 52.9 Å². The fraction of sp³-hybridized carbons (Fsp3) is 0.647. The van der Waals surface area contributed by atoms with Crippen molar-refractivity contribution in [1.29, 1.82) is 0 Å². The summed E-state index contributed by atoms with van der Waals surface area (Å²) in [5.41, 5.74) is 0. The summed E-state index contributed by atoms with van der Waals surface area (Å²) < 4.78 is 18.3.